The molecule has 5 heteroatoms. The Labute approximate surface area is 132 Å². The van der Waals surface area contributed by atoms with Gasteiger partial charge >= 0.3 is 0 Å². The molecule has 2 fully saturated rings. The number of morpholine rings is 1. The Morgan fingerprint density at radius 3 is 2.86 bits per heavy atom. The van der Waals surface area contributed by atoms with Gasteiger partial charge in [-0.05, 0) is 24.8 Å². The van der Waals surface area contributed by atoms with E-state index in [-0.39, 0.29) is 36.5 Å². The molecule has 116 valence electrons. The average Bonchev–Trinajstić information content (AvgIpc) is 2.96. The van der Waals surface area contributed by atoms with Crippen LogP contribution < -0.4 is 5.73 Å². The highest BCUT2D eigenvalue weighted by Crippen LogP contribution is 2.30. The fourth-order valence-corrected chi connectivity index (χ4v) is 3.36. The van der Waals surface area contributed by atoms with Crippen LogP contribution in [0.1, 0.15) is 37.3 Å². The van der Waals surface area contributed by atoms with E-state index in [0.717, 1.165) is 24.8 Å². The molecule has 1 aliphatic heterocycles. The molecule has 1 saturated carbocycles. The molecule has 1 amide bonds. The summed E-state index contributed by atoms with van der Waals surface area (Å²) in [5, 5.41) is 0. The van der Waals surface area contributed by atoms with Crippen molar-refractivity contribution in [3.63, 3.8) is 0 Å². The van der Waals surface area contributed by atoms with Crippen molar-refractivity contribution in [3.05, 3.63) is 35.9 Å². The van der Waals surface area contributed by atoms with Gasteiger partial charge in [-0.1, -0.05) is 30.3 Å². The van der Waals surface area contributed by atoms with Crippen LogP contribution in [0.25, 0.3) is 0 Å². The quantitative estimate of drug-likeness (QED) is 0.932. The fourth-order valence-electron chi connectivity index (χ4n) is 3.36. The highest BCUT2D eigenvalue weighted by Gasteiger charge is 2.38. The van der Waals surface area contributed by atoms with E-state index in [1.165, 1.54) is 0 Å². The molecular formula is C16H23ClN2O2. The maximum atomic E-state index is 12.5. The zero-order valence-corrected chi connectivity index (χ0v) is 12.9. The zero-order valence-electron chi connectivity index (χ0n) is 12.1. The zero-order chi connectivity index (χ0) is 13.9. The number of carbonyl (C=O) groups excluding carboxylic acids is 1. The molecule has 1 aromatic carbocycles. The number of hydrogen-bond donors (Lipinski definition) is 1. The molecule has 1 saturated heterocycles. The van der Waals surface area contributed by atoms with Gasteiger partial charge in [-0.15, -0.1) is 12.4 Å². The molecule has 0 radical (unpaired) electrons. The number of rotatable bonds is 3. The van der Waals surface area contributed by atoms with Gasteiger partial charge in [-0.25, -0.2) is 0 Å². The first-order valence-electron chi connectivity index (χ1n) is 7.47. The van der Waals surface area contributed by atoms with Gasteiger partial charge in [-0.3, -0.25) is 4.79 Å². The summed E-state index contributed by atoms with van der Waals surface area (Å²) in [5.74, 6) is 0.168. The van der Waals surface area contributed by atoms with Gasteiger partial charge in [0.15, 0.2) is 0 Å². The summed E-state index contributed by atoms with van der Waals surface area (Å²) >= 11 is 0. The first-order chi connectivity index (χ1) is 9.75. The monoisotopic (exact) mass is 310 g/mol. The molecule has 0 bridgehead atoms. The largest absolute Gasteiger partial charge is 0.374 e. The summed E-state index contributed by atoms with van der Waals surface area (Å²) in [5.41, 5.74) is 7.19. The first-order valence-corrected chi connectivity index (χ1v) is 7.47. The van der Waals surface area contributed by atoms with E-state index in [1.807, 2.05) is 35.2 Å². The van der Waals surface area contributed by atoms with E-state index in [1.54, 1.807) is 0 Å². The predicted molar refractivity (Wildman–Crippen MR) is 84.3 cm³/mol. The van der Waals surface area contributed by atoms with Crippen LogP contribution in [0.4, 0.5) is 0 Å². The maximum absolute atomic E-state index is 12.5. The normalized spacial score (nSPS) is 25.9. The molecule has 3 unspecified atom stereocenters. The van der Waals surface area contributed by atoms with Gasteiger partial charge in [0.1, 0.15) is 0 Å². The molecule has 1 aromatic rings. The Morgan fingerprint density at radius 2 is 2.10 bits per heavy atom. The van der Waals surface area contributed by atoms with E-state index in [2.05, 4.69) is 0 Å². The lowest BCUT2D eigenvalue weighted by atomic mass is 10.0. The molecule has 1 heterocycles. The van der Waals surface area contributed by atoms with Gasteiger partial charge in [0.2, 0.25) is 5.91 Å². The van der Waals surface area contributed by atoms with E-state index < -0.39 is 0 Å². The number of amides is 1. The van der Waals surface area contributed by atoms with E-state index in [9.17, 15) is 4.79 Å². The summed E-state index contributed by atoms with van der Waals surface area (Å²) < 4.78 is 5.75. The predicted octanol–water partition coefficient (Wildman–Crippen LogP) is 2.28. The third-order valence-electron chi connectivity index (χ3n) is 4.42. The van der Waals surface area contributed by atoms with Gasteiger partial charge in [0.05, 0.1) is 18.8 Å². The van der Waals surface area contributed by atoms with Gasteiger partial charge < -0.3 is 15.4 Å². The standard InChI is InChI=1S/C16H22N2O2.ClH/c17-13(12-5-2-1-3-6-12)11-16(19)18-9-10-20-15-8-4-7-14(15)18;/h1-3,5-6,13-15H,4,7-11,17H2;1H. The second-order valence-electron chi connectivity index (χ2n) is 5.72. The number of nitrogens with two attached hydrogens (primary N) is 1. The number of benzene rings is 1. The molecule has 3 rings (SSSR count). The summed E-state index contributed by atoms with van der Waals surface area (Å²) in [6, 6.07) is 9.91. The van der Waals surface area contributed by atoms with Crippen LogP contribution in [0.15, 0.2) is 30.3 Å². The second-order valence-corrected chi connectivity index (χ2v) is 5.72. The highest BCUT2D eigenvalue weighted by molar-refractivity contribution is 5.85. The van der Waals surface area contributed by atoms with Gasteiger partial charge in [-0.2, -0.15) is 0 Å². The minimum Gasteiger partial charge on any atom is -0.374 e. The third kappa shape index (κ3) is 3.57. The Bertz CT molecular complexity index is 469. The van der Waals surface area contributed by atoms with Crippen LogP contribution in [-0.4, -0.2) is 36.1 Å². The van der Waals surface area contributed by atoms with E-state index in [0.29, 0.717) is 19.6 Å². The molecule has 0 aromatic heterocycles. The SMILES string of the molecule is Cl.NC(CC(=O)N1CCOC2CCCC21)c1ccccc1. The number of ether oxygens (including phenoxy) is 1. The summed E-state index contributed by atoms with van der Waals surface area (Å²) in [6.07, 6.45) is 3.94. The van der Waals surface area contributed by atoms with Crippen molar-refractivity contribution in [2.24, 2.45) is 5.73 Å². The molecule has 21 heavy (non-hydrogen) atoms. The topological polar surface area (TPSA) is 55.6 Å². The lowest BCUT2D eigenvalue weighted by Gasteiger charge is -2.38. The number of halogens is 1. The molecule has 1 aliphatic carbocycles. The summed E-state index contributed by atoms with van der Waals surface area (Å²) in [6.45, 7) is 1.37. The Hall–Kier alpha value is -1.10. The second kappa shape index (κ2) is 7.25. The Balaban J connectivity index is 0.00000161. The third-order valence-corrected chi connectivity index (χ3v) is 4.42. The number of nitrogens with zero attached hydrogens (tertiary/aromatic N) is 1. The highest BCUT2D eigenvalue weighted by atomic mass is 35.5. The van der Waals surface area contributed by atoms with E-state index in [4.69, 9.17) is 10.5 Å². The number of hydrogen-bond acceptors (Lipinski definition) is 3. The summed E-state index contributed by atoms with van der Waals surface area (Å²) in [7, 11) is 0. The molecule has 3 atom stereocenters. The van der Waals surface area contributed by atoms with Crippen molar-refractivity contribution >= 4 is 18.3 Å². The van der Waals surface area contributed by atoms with Crippen LogP contribution in [-0.2, 0) is 9.53 Å². The summed E-state index contributed by atoms with van der Waals surface area (Å²) in [4.78, 5) is 14.5. The molecule has 2 aliphatic rings. The van der Waals surface area contributed by atoms with Gasteiger partial charge in [0, 0.05) is 19.0 Å². The van der Waals surface area contributed by atoms with Crippen molar-refractivity contribution in [1.82, 2.24) is 4.90 Å². The van der Waals surface area contributed by atoms with Crippen molar-refractivity contribution in [2.45, 2.75) is 43.9 Å². The van der Waals surface area contributed by atoms with Gasteiger partial charge in [0.25, 0.3) is 0 Å². The molecule has 0 spiro atoms. The van der Waals surface area contributed by atoms with E-state index >= 15 is 0 Å². The van der Waals surface area contributed by atoms with Crippen molar-refractivity contribution in [3.8, 4) is 0 Å². The van der Waals surface area contributed by atoms with Crippen LogP contribution in [0.5, 0.6) is 0 Å². The van der Waals surface area contributed by atoms with Crippen LogP contribution in [0, 0.1) is 0 Å². The molecule has 2 N–H and O–H groups in total. The van der Waals surface area contributed by atoms with Crippen LogP contribution in [0.3, 0.4) is 0 Å². The van der Waals surface area contributed by atoms with Crippen molar-refractivity contribution in [1.29, 1.82) is 0 Å². The lowest BCUT2D eigenvalue weighted by Crippen LogP contribution is -2.51. The molecule has 4 nitrogen and oxygen atoms in total. The Morgan fingerprint density at radius 1 is 1.33 bits per heavy atom. The first kappa shape index (κ1) is 16.3. The number of fused-ring (bicyclic) bond motifs is 1. The maximum Gasteiger partial charge on any atom is 0.224 e. The smallest absolute Gasteiger partial charge is 0.224 e. The van der Waals surface area contributed by atoms with Crippen LogP contribution in [0.2, 0.25) is 0 Å². The van der Waals surface area contributed by atoms with Crippen molar-refractivity contribution in [2.75, 3.05) is 13.2 Å². The minimum absolute atomic E-state index is 0. The Kier molecular flexibility index (Phi) is 5.62. The minimum atomic E-state index is -0.216. The van der Waals surface area contributed by atoms with Crippen LogP contribution >= 0.6 is 12.4 Å². The lowest BCUT2D eigenvalue weighted by molar-refractivity contribution is -0.144. The fraction of sp³-hybridized carbons (Fsp3) is 0.562. The average molecular weight is 311 g/mol. The molecular weight excluding hydrogens is 288 g/mol. The number of carbonyl (C=O) groups is 1. The van der Waals surface area contributed by atoms with Crippen molar-refractivity contribution < 1.29 is 9.53 Å².